The fourth-order valence-electron chi connectivity index (χ4n) is 3.02. The molecule has 6 heteroatoms. The summed E-state index contributed by atoms with van der Waals surface area (Å²) in [5.74, 6) is 0.923. The Kier molecular flexibility index (Phi) is 3.56. The van der Waals surface area contributed by atoms with Gasteiger partial charge in [-0.05, 0) is 47.9 Å². The number of anilines is 1. The van der Waals surface area contributed by atoms with Gasteiger partial charge in [0.1, 0.15) is 5.82 Å². The van der Waals surface area contributed by atoms with E-state index in [1.165, 1.54) is 5.56 Å². The van der Waals surface area contributed by atoms with E-state index >= 15 is 0 Å². The molecule has 0 aromatic carbocycles. The van der Waals surface area contributed by atoms with Crippen LogP contribution in [-0.4, -0.2) is 38.6 Å². The van der Waals surface area contributed by atoms with Gasteiger partial charge < -0.3 is 5.32 Å². The summed E-state index contributed by atoms with van der Waals surface area (Å²) in [6.07, 6.45) is 3.12. The van der Waals surface area contributed by atoms with E-state index in [-0.39, 0.29) is 0 Å². The Morgan fingerprint density at radius 2 is 2.32 bits per heavy atom. The van der Waals surface area contributed by atoms with Gasteiger partial charge in [0.2, 0.25) is 0 Å². The lowest BCUT2D eigenvalue weighted by Gasteiger charge is -2.16. The van der Waals surface area contributed by atoms with Crippen molar-refractivity contribution in [2.24, 2.45) is 0 Å². The van der Waals surface area contributed by atoms with Crippen molar-refractivity contribution in [1.29, 1.82) is 0 Å². The maximum atomic E-state index is 4.59. The average molecular weight is 313 g/mol. The Hall–Kier alpha value is -1.92. The zero-order chi connectivity index (χ0) is 14.9. The number of thiophene rings is 1. The minimum atomic E-state index is 0.466. The van der Waals surface area contributed by atoms with E-state index in [1.807, 2.05) is 29.8 Å². The molecule has 4 rings (SSSR count). The molecular formula is C16H19N5S. The van der Waals surface area contributed by atoms with Crippen LogP contribution in [0.3, 0.4) is 0 Å². The van der Waals surface area contributed by atoms with Gasteiger partial charge in [0.15, 0.2) is 5.65 Å². The Bertz CT molecular complexity index is 764. The fourth-order valence-corrected chi connectivity index (χ4v) is 3.68. The third-order valence-electron chi connectivity index (χ3n) is 4.05. The monoisotopic (exact) mass is 313 g/mol. The number of likely N-dealkylation sites (tertiary alicyclic amines) is 1. The maximum Gasteiger partial charge on any atom is 0.153 e. The van der Waals surface area contributed by atoms with E-state index in [4.69, 9.17) is 0 Å². The lowest BCUT2D eigenvalue weighted by molar-refractivity contribution is 0.329. The zero-order valence-electron chi connectivity index (χ0n) is 12.6. The molecule has 0 spiro atoms. The fraction of sp³-hybridized carbons (Fsp3) is 0.375. The molecule has 0 radical (unpaired) electrons. The van der Waals surface area contributed by atoms with Crippen molar-refractivity contribution in [3.63, 3.8) is 0 Å². The van der Waals surface area contributed by atoms with Crippen LogP contribution in [0.4, 0.5) is 5.82 Å². The summed E-state index contributed by atoms with van der Waals surface area (Å²) >= 11 is 1.77. The van der Waals surface area contributed by atoms with Crippen molar-refractivity contribution in [2.75, 3.05) is 18.4 Å². The summed E-state index contributed by atoms with van der Waals surface area (Å²) in [5, 5.41) is 12.5. The Morgan fingerprint density at radius 1 is 1.36 bits per heavy atom. The lowest BCUT2D eigenvalue weighted by atomic mass is 10.2. The van der Waals surface area contributed by atoms with Crippen molar-refractivity contribution >= 4 is 22.8 Å². The smallest absolute Gasteiger partial charge is 0.153 e. The molecule has 1 N–H and O–H groups in total. The molecule has 1 unspecified atom stereocenters. The Labute approximate surface area is 133 Å². The van der Waals surface area contributed by atoms with Gasteiger partial charge in [0.05, 0.1) is 11.9 Å². The van der Waals surface area contributed by atoms with Crippen LogP contribution in [-0.2, 0) is 6.54 Å². The first-order chi connectivity index (χ1) is 10.8. The summed E-state index contributed by atoms with van der Waals surface area (Å²) in [6, 6.07) is 6.71. The van der Waals surface area contributed by atoms with E-state index < -0.39 is 0 Å². The van der Waals surface area contributed by atoms with Gasteiger partial charge in [-0.25, -0.2) is 9.50 Å². The number of nitrogens with one attached hydrogen (secondary N) is 1. The van der Waals surface area contributed by atoms with Crippen LogP contribution in [0, 0.1) is 6.92 Å². The third-order valence-corrected chi connectivity index (χ3v) is 4.78. The van der Waals surface area contributed by atoms with Crippen LogP contribution < -0.4 is 5.32 Å². The molecule has 3 aromatic heterocycles. The summed E-state index contributed by atoms with van der Waals surface area (Å²) < 4.78 is 1.84. The standard InChI is InChI=1S/C16H19N5S/c1-12-8-21-16(17-12)3-2-15(19-21)18-14-4-6-20(10-14)9-13-5-7-22-11-13/h2-3,5,7-8,11,14H,4,6,9-10H2,1H3,(H,18,19). The van der Waals surface area contributed by atoms with Crippen LogP contribution in [0.5, 0.6) is 0 Å². The molecule has 5 nitrogen and oxygen atoms in total. The highest BCUT2D eigenvalue weighted by Gasteiger charge is 2.22. The molecule has 1 aliphatic heterocycles. The van der Waals surface area contributed by atoms with Crippen LogP contribution in [0.1, 0.15) is 17.7 Å². The normalized spacial score (nSPS) is 19.0. The predicted octanol–water partition coefficient (Wildman–Crippen LogP) is 2.79. The summed E-state index contributed by atoms with van der Waals surface area (Å²) in [4.78, 5) is 6.90. The molecule has 1 saturated heterocycles. The first kappa shape index (κ1) is 13.7. The predicted molar refractivity (Wildman–Crippen MR) is 89.3 cm³/mol. The van der Waals surface area contributed by atoms with E-state index in [0.29, 0.717) is 6.04 Å². The number of fused-ring (bicyclic) bond motifs is 1. The lowest BCUT2D eigenvalue weighted by Crippen LogP contribution is -2.26. The molecule has 114 valence electrons. The molecule has 0 saturated carbocycles. The van der Waals surface area contributed by atoms with Crippen LogP contribution >= 0.6 is 11.3 Å². The molecule has 1 fully saturated rings. The van der Waals surface area contributed by atoms with Gasteiger partial charge in [-0.3, -0.25) is 4.90 Å². The number of aryl methyl sites for hydroxylation is 1. The van der Waals surface area contributed by atoms with Crippen molar-refractivity contribution in [2.45, 2.75) is 25.9 Å². The van der Waals surface area contributed by atoms with Crippen LogP contribution in [0.25, 0.3) is 5.65 Å². The zero-order valence-corrected chi connectivity index (χ0v) is 13.4. The van der Waals surface area contributed by atoms with E-state index in [9.17, 15) is 0 Å². The van der Waals surface area contributed by atoms with Crippen molar-refractivity contribution in [1.82, 2.24) is 19.5 Å². The number of hydrogen-bond donors (Lipinski definition) is 1. The van der Waals surface area contributed by atoms with Gasteiger partial charge in [-0.15, -0.1) is 5.10 Å². The average Bonchev–Trinajstić information content (AvgIpc) is 3.20. The first-order valence-corrected chi connectivity index (χ1v) is 8.53. The Morgan fingerprint density at radius 3 is 3.18 bits per heavy atom. The molecule has 1 atom stereocenters. The van der Waals surface area contributed by atoms with Gasteiger partial charge in [-0.2, -0.15) is 11.3 Å². The molecule has 22 heavy (non-hydrogen) atoms. The second-order valence-corrected chi connectivity index (χ2v) is 6.68. The van der Waals surface area contributed by atoms with Crippen LogP contribution in [0.15, 0.2) is 35.2 Å². The van der Waals surface area contributed by atoms with Crippen LogP contribution in [0.2, 0.25) is 0 Å². The van der Waals surface area contributed by atoms with Crippen molar-refractivity contribution in [3.05, 3.63) is 46.4 Å². The third kappa shape index (κ3) is 2.84. The van der Waals surface area contributed by atoms with Gasteiger partial charge in [-0.1, -0.05) is 0 Å². The van der Waals surface area contributed by atoms with Gasteiger partial charge in [0.25, 0.3) is 0 Å². The first-order valence-electron chi connectivity index (χ1n) is 7.59. The number of nitrogens with zero attached hydrogens (tertiary/aromatic N) is 4. The largest absolute Gasteiger partial charge is 0.365 e. The molecule has 0 aliphatic carbocycles. The topological polar surface area (TPSA) is 45.5 Å². The molecule has 1 aliphatic rings. The molecule has 0 bridgehead atoms. The number of imidazole rings is 1. The molecular weight excluding hydrogens is 294 g/mol. The van der Waals surface area contributed by atoms with Crippen molar-refractivity contribution in [3.8, 4) is 0 Å². The maximum absolute atomic E-state index is 4.59. The second-order valence-electron chi connectivity index (χ2n) is 5.90. The Balaban J connectivity index is 1.40. The highest BCUT2D eigenvalue weighted by atomic mass is 32.1. The van der Waals surface area contributed by atoms with Gasteiger partial charge >= 0.3 is 0 Å². The quantitative estimate of drug-likeness (QED) is 0.804. The highest BCUT2D eigenvalue weighted by Crippen LogP contribution is 2.18. The highest BCUT2D eigenvalue weighted by molar-refractivity contribution is 7.07. The molecule has 0 amide bonds. The summed E-state index contributed by atoms with van der Waals surface area (Å²) in [7, 11) is 0. The molecule has 4 heterocycles. The van der Waals surface area contributed by atoms with Crippen molar-refractivity contribution < 1.29 is 0 Å². The minimum Gasteiger partial charge on any atom is -0.365 e. The number of rotatable bonds is 4. The number of hydrogen-bond acceptors (Lipinski definition) is 5. The minimum absolute atomic E-state index is 0.466. The summed E-state index contributed by atoms with van der Waals surface area (Å²) in [6.45, 7) is 5.24. The van der Waals surface area contributed by atoms with E-state index in [0.717, 1.165) is 43.2 Å². The van der Waals surface area contributed by atoms with E-state index in [1.54, 1.807) is 11.3 Å². The molecule has 3 aromatic rings. The summed E-state index contributed by atoms with van der Waals surface area (Å²) in [5.41, 5.74) is 3.31. The number of aromatic nitrogens is 3. The SMILES string of the molecule is Cc1cn2nc(NC3CCN(Cc4ccsc4)C3)ccc2n1. The second kappa shape index (κ2) is 5.70. The van der Waals surface area contributed by atoms with E-state index in [2.05, 4.69) is 37.1 Å². The van der Waals surface area contributed by atoms with Gasteiger partial charge in [0, 0.05) is 25.7 Å².